The number of amides is 3. The molecule has 10 heteroatoms. The lowest BCUT2D eigenvalue weighted by atomic mass is 10.0. The van der Waals surface area contributed by atoms with E-state index in [0.29, 0.717) is 30.5 Å². The van der Waals surface area contributed by atoms with Crippen LogP contribution >= 0.6 is 0 Å². The Labute approximate surface area is 196 Å². The highest BCUT2D eigenvalue weighted by Crippen LogP contribution is 2.35. The minimum Gasteiger partial charge on any atom is -0.340 e. The second kappa shape index (κ2) is 10.7. The maximum atomic E-state index is 14.0. The molecule has 0 saturated carbocycles. The van der Waals surface area contributed by atoms with Crippen molar-refractivity contribution in [3.8, 4) is 0 Å². The van der Waals surface area contributed by atoms with Crippen molar-refractivity contribution in [3.05, 3.63) is 40.7 Å². The van der Waals surface area contributed by atoms with E-state index in [9.17, 15) is 31.9 Å². The Hall–Kier alpha value is -2.75. The number of benzene rings is 1. The third kappa shape index (κ3) is 5.84. The van der Waals surface area contributed by atoms with Crippen molar-refractivity contribution in [3.63, 3.8) is 0 Å². The second-order valence-corrected chi connectivity index (χ2v) is 8.72. The van der Waals surface area contributed by atoms with E-state index >= 15 is 0 Å². The number of piperazine rings is 1. The van der Waals surface area contributed by atoms with Crippen molar-refractivity contribution in [2.45, 2.75) is 52.1 Å². The molecule has 0 aromatic heterocycles. The lowest BCUT2D eigenvalue weighted by Crippen LogP contribution is -2.48. The molecule has 0 aliphatic carbocycles. The summed E-state index contributed by atoms with van der Waals surface area (Å²) in [7, 11) is 0. The Kier molecular flexibility index (Phi) is 8.12. The van der Waals surface area contributed by atoms with Crippen LogP contribution in [0, 0.1) is 5.82 Å². The van der Waals surface area contributed by atoms with Gasteiger partial charge in [-0.2, -0.15) is 13.2 Å². The first-order chi connectivity index (χ1) is 16.0. The largest absolute Gasteiger partial charge is 0.419 e. The first-order valence-electron chi connectivity index (χ1n) is 11.4. The summed E-state index contributed by atoms with van der Waals surface area (Å²) in [6.07, 6.45) is -0.978. The van der Waals surface area contributed by atoms with Crippen LogP contribution in [0.3, 0.4) is 0 Å². The lowest BCUT2D eigenvalue weighted by molar-refractivity contribution is -0.140. The molecule has 3 amide bonds. The van der Waals surface area contributed by atoms with Crippen molar-refractivity contribution in [2.24, 2.45) is 0 Å². The summed E-state index contributed by atoms with van der Waals surface area (Å²) in [5.41, 5.74) is -1.08. The van der Waals surface area contributed by atoms with Gasteiger partial charge in [0.1, 0.15) is 5.82 Å². The normalized spacial score (nSPS) is 17.8. The highest BCUT2D eigenvalue weighted by atomic mass is 19.4. The van der Waals surface area contributed by atoms with Crippen molar-refractivity contribution in [2.75, 3.05) is 37.6 Å². The van der Waals surface area contributed by atoms with E-state index in [1.165, 1.54) is 6.92 Å². The number of imide groups is 1. The number of hydrogen-bond acceptors (Lipinski definition) is 4. The van der Waals surface area contributed by atoms with Crippen LogP contribution in [0.15, 0.2) is 29.3 Å². The molecule has 3 rings (SSSR count). The molecule has 0 unspecified atom stereocenters. The second-order valence-electron chi connectivity index (χ2n) is 8.72. The van der Waals surface area contributed by atoms with Crippen LogP contribution in [0.5, 0.6) is 0 Å². The Morgan fingerprint density at radius 2 is 1.62 bits per heavy atom. The average Bonchev–Trinajstić information content (AvgIpc) is 2.98. The Morgan fingerprint density at radius 3 is 2.21 bits per heavy atom. The molecule has 6 nitrogen and oxygen atoms in total. The SMILES string of the molecule is CC(=O)N1CCN(CCCCCCC2=C(C)C(=O)N(c3ccc(C(F)(F)F)c(F)c3)C2=O)CC1. The van der Waals surface area contributed by atoms with E-state index in [0.717, 1.165) is 63.0 Å². The van der Waals surface area contributed by atoms with Crippen LogP contribution in [-0.2, 0) is 20.6 Å². The van der Waals surface area contributed by atoms with Crippen LogP contribution in [0.2, 0.25) is 0 Å². The first kappa shape index (κ1) is 25.9. The van der Waals surface area contributed by atoms with Crippen LogP contribution in [0.25, 0.3) is 0 Å². The minimum absolute atomic E-state index is 0.103. The molecule has 2 heterocycles. The van der Waals surface area contributed by atoms with Gasteiger partial charge in [0.2, 0.25) is 5.91 Å². The number of anilines is 1. The average molecular weight is 484 g/mol. The van der Waals surface area contributed by atoms with E-state index in [1.54, 1.807) is 6.92 Å². The van der Waals surface area contributed by atoms with E-state index in [4.69, 9.17) is 0 Å². The fourth-order valence-corrected chi connectivity index (χ4v) is 4.36. The topological polar surface area (TPSA) is 60.9 Å². The molecule has 0 N–H and O–H groups in total. The fraction of sp³-hybridized carbons (Fsp3) is 0.542. The number of hydrogen-bond donors (Lipinski definition) is 0. The summed E-state index contributed by atoms with van der Waals surface area (Å²) in [5, 5.41) is 0. The molecule has 2 aliphatic heterocycles. The van der Waals surface area contributed by atoms with Gasteiger partial charge in [0.05, 0.1) is 11.3 Å². The summed E-state index contributed by atoms with van der Waals surface area (Å²) in [4.78, 5) is 41.6. The van der Waals surface area contributed by atoms with E-state index < -0.39 is 29.4 Å². The summed E-state index contributed by atoms with van der Waals surface area (Å²) < 4.78 is 52.4. The number of unbranched alkanes of at least 4 members (excludes halogenated alkanes) is 3. The summed E-state index contributed by atoms with van der Waals surface area (Å²) in [6, 6.07) is 2.05. The van der Waals surface area contributed by atoms with Crippen molar-refractivity contribution < 1.29 is 31.9 Å². The van der Waals surface area contributed by atoms with Crippen LogP contribution < -0.4 is 4.90 Å². The standard InChI is InChI=1S/C24H29F4N3O3/c1-16-19(7-5-3-4-6-10-29-11-13-30(14-12-29)17(2)32)23(34)31(22(16)33)18-8-9-20(21(25)15-18)24(26,27)28/h8-9,15H,3-7,10-14H2,1-2H3. The number of carbonyl (C=O) groups is 3. The molecule has 1 aromatic rings. The molecule has 1 aromatic carbocycles. The third-order valence-corrected chi connectivity index (χ3v) is 6.42. The predicted molar refractivity (Wildman–Crippen MR) is 118 cm³/mol. The van der Waals surface area contributed by atoms with Gasteiger partial charge < -0.3 is 4.90 Å². The molecule has 0 spiro atoms. The molecule has 0 bridgehead atoms. The molecular formula is C24H29F4N3O3. The van der Waals surface area contributed by atoms with Crippen molar-refractivity contribution in [1.82, 2.24) is 9.80 Å². The Morgan fingerprint density at radius 1 is 0.971 bits per heavy atom. The van der Waals surface area contributed by atoms with Crippen LogP contribution in [-0.4, -0.2) is 60.2 Å². The molecule has 1 saturated heterocycles. The number of nitrogens with zero attached hydrogens (tertiary/aromatic N) is 3. The third-order valence-electron chi connectivity index (χ3n) is 6.42. The monoisotopic (exact) mass is 483 g/mol. The molecule has 1 fully saturated rings. The maximum absolute atomic E-state index is 14.0. The Balaban J connectivity index is 1.46. The smallest absolute Gasteiger partial charge is 0.340 e. The van der Waals surface area contributed by atoms with Crippen LogP contribution in [0.1, 0.15) is 51.5 Å². The highest BCUT2D eigenvalue weighted by molar-refractivity contribution is 6.32. The van der Waals surface area contributed by atoms with Gasteiger partial charge >= 0.3 is 6.18 Å². The zero-order chi connectivity index (χ0) is 25.0. The van der Waals surface area contributed by atoms with Crippen LogP contribution in [0.4, 0.5) is 23.2 Å². The molecule has 186 valence electrons. The number of alkyl halides is 3. The van der Waals surface area contributed by atoms with Gasteiger partial charge in [-0.3, -0.25) is 19.3 Å². The van der Waals surface area contributed by atoms with Gasteiger partial charge in [-0.15, -0.1) is 0 Å². The highest BCUT2D eigenvalue weighted by Gasteiger charge is 2.38. The van der Waals surface area contributed by atoms with Crippen molar-refractivity contribution in [1.29, 1.82) is 0 Å². The van der Waals surface area contributed by atoms with Crippen molar-refractivity contribution >= 4 is 23.4 Å². The summed E-state index contributed by atoms with van der Waals surface area (Å²) in [5.74, 6) is -2.67. The van der Waals surface area contributed by atoms with Gasteiger partial charge in [0.25, 0.3) is 11.8 Å². The van der Waals surface area contributed by atoms with E-state index in [2.05, 4.69) is 4.90 Å². The maximum Gasteiger partial charge on any atom is 0.419 e. The minimum atomic E-state index is -4.86. The number of halogens is 4. The fourth-order valence-electron chi connectivity index (χ4n) is 4.36. The number of carbonyl (C=O) groups excluding carboxylic acids is 3. The molecular weight excluding hydrogens is 454 g/mol. The summed E-state index contributed by atoms with van der Waals surface area (Å²) >= 11 is 0. The zero-order valence-electron chi connectivity index (χ0n) is 19.4. The van der Waals surface area contributed by atoms with Gasteiger partial charge in [-0.1, -0.05) is 12.8 Å². The van der Waals surface area contributed by atoms with E-state index in [1.807, 2.05) is 4.90 Å². The van der Waals surface area contributed by atoms with Gasteiger partial charge in [0.15, 0.2) is 0 Å². The molecule has 0 atom stereocenters. The van der Waals surface area contributed by atoms with Gasteiger partial charge in [-0.25, -0.2) is 9.29 Å². The molecule has 0 radical (unpaired) electrons. The quantitative estimate of drug-likeness (QED) is 0.317. The van der Waals surface area contributed by atoms with Gasteiger partial charge in [0, 0.05) is 44.2 Å². The molecule has 34 heavy (non-hydrogen) atoms. The first-order valence-corrected chi connectivity index (χ1v) is 11.4. The number of rotatable bonds is 8. The van der Waals surface area contributed by atoms with Gasteiger partial charge in [-0.05, 0) is 50.9 Å². The molecule has 2 aliphatic rings. The zero-order valence-corrected chi connectivity index (χ0v) is 19.4. The summed E-state index contributed by atoms with van der Waals surface area (Å²) in [6.45, 7) is 7.26. The Bertz CT molecular complexity index is 982. The van der Waals surface area contributed by atoms with E-state index in [-0.39, 0.29) is 17.2 Å². The predicted octanol–water partition coefficient (Wildman–Crippen LogP) is 4.15. The lowest BCUT2D eigenvalue weighted by Gasteiger charge is -2.34.